The Hall–Kier alpha value is -2.67. The van der Waals surface area contributed by atoms with Gasteiger partial charge in [-0.15, -0.1) is 11.3 Å². The molecule has 0 radical (unpaired) electrons. The second-order valence-electron chi connectivity index (χ2n) is 5.71. The van der Waals surface area contributed by atoms with Crippen LogP contribution in [0.4, 0.5) is 0 Å². The fourth-order valence-corrected chi connectivity index (χ4v) is 3.72. The number of aromatic hydroxyl groups is 1. The number of aryl methyl sites for hydroxylation is 1. The maximum absolute atomic E-state index is 11.6. The van der Waals surface area contributed by atoms with Crippen molar-refractivity contribution in [2.75, 3.05) is 0 Å². The quantitative estimate of drug-likeness (QED) is 0.749. The highest BCUT2D eigenvalue weighted by Crippen LogP contribution is 2.32. The van der Waals surface area contributed by atoms with Crippen molar-refractivity contribution in [3.8, 4) is 16.5 Å². The van der Waals surface area contributed by atoms with E-state index in [1.54, 1.807) is 29.7 Å². The number of hydrogen-bond acceptors (Lipinski definition) is 5. The molecule has 0 spiro atoms. The average molecular weight is 340 g/mol. The highest BCUT2D eigenvalue weighted by atomic mass is 32.1. The van der Waals surface area contributed by atoms with Crippen molar-refractivity contribution in [2.45, 2.75) is 19.4 Å². The number of thiophene rings is 1. The Bertz CT molecular complexity index is 914. The summed E-state index contributed by atoms with van der Waals surface area (Å²) in [6.45, 7) is 0.679. The second kappa shape index (κ2) is 6.09. The number of nitrogens with zero attached hydrogens (tertiary/aromatic N) is 3. The summed E-state index contributed by atoms with van der Waals surface area (Å²) in [5.41, 5.74) is 3.98. The molecule has 0 fully saturated rings. The lowest BCUT2D eigenvalue weighted by molar-refractivity contribution is -0.122. The number of fused-ring (bicyclic) bond motifs is 1. The molecule has 0 aliphatic carbocycles. The van der Waals surface area contributed by atoms with Crippen molar-refractivity contribution in [3.05, 3.63) is 35.7 Å². The molecular formula is C17H16N4O2S. The topological polar surface area (TPSA) is 79.5 Å². The fraction of sp³-hybridized carbons (Fsp3) is 0.235. The van der Waals surface area contributed by atoms with E-state index in [0.717, 1.165) is 28.2 Å². The lowest BCUT2D eigenvalue weighted by Crippen LogP contribution is -2.20. The summed E-state index contributed by atoms with van der Waals surface area (Å²) >= 11 is 1.62. The van der Waals surface area contributed by atoms with Crippen LogP contribution in [0.25, 0.3) is 21.7 Å². The lowest BCUT2D eigenvalue weighted by Gasteiger charge is -2.10. The molecule has 1 atom stereocenters. The second-order valence-corrected chi connectivity index (χ2v) is 6.66. The predicted octanol–water partition coefficient (Wildman–Crippen LogP) is 2.98. The molecule has 1 aliphatic heterocycles. The van der Waals surface area contributed by atoms with Gasteiger partial charge in [0.2, 0.25) is 5.91 Å². The molecule has 3 aromatic rings. The number of nitrogens with one attached hydrogen (secondary N) is 1. The molecule has 2 aromatic heterocycles. The number of hydrogen-bond donors (Lipinski definition) is 2. The SMILES string of the molecule is O=C1NN=CC1CCCn1c(-c2cccs2)nc2cccc(O)c21. The number of para-hydroxylation sites is 1. The first-order chi connectivity index (χ1) is 11.7. The van der Waals surface area contributed by atoms with Crippen LogP contribution in [0.3, 0.4) is 0 Å². The maximum Gasteiger partial charge on any atom is 0.248 e. The first kappa shape index (κ1) is 14.9. The van der Waals surface area contributed by atoms with E-state index in [4.69, 9.17) is 0 Å². The number of aromatic nitrogens is 2. The van der Waals surface area contributed by atoms with Gasteiger partial charge in [-0.2, -0.15) is 5.10 Å². The van der Waals surface area contributed by atoms with Crippen molar-refractivity contribution < 1.29 is 9.90 Å². The average Bonchev–Trinajstić information content (AvgIpc) is 3.28. The minimum absolute atomic E-state index is 0.0492. The Morgan fingerprint density at radius 3 is 2.96 bits per heavy atom. The third-order valence-corrected chi connectivity index (χ3v) is 5.02. The van der Waals surface area contributed by atoms with E-state index in [0.29, 0.717) is 13.0 Å². The Balaban J connectivity index is 1.66. The largest absolute Gasteiger partial charge is 0.506 e. The number of phenols is 1. The van der Waals surface area contributed by atoms with Gasteiger partial charge in [0.15, 0.2) is 5.82 Å². The number of rotatable bonds is 5. The van der Waals surface area contributed by atoms with Crippen LogP contribution in [-0.2, 0) is 11.3 Å². The number of carbonyl (C=O) groups excluding carboxylic acids is 1. The molecule has 1 aliphatic rings. The summed E-state index contributed by atoms with van der Waals surface area (Å²) in [6, 6.07) is 9.39. The third-order valence-electron chi connectivity index (χ3n) is 4.15. The summed E-state index contributed by atoms with van der Waals surface area (Å²) in [6.07, 6.45) is 3.17. The molecule has 122 valence electrons. The van der Waals surface area contributed by atoms with E-state index in [1.807, 2.05) is 28.1 Å². The van der Waals surface area contributed by atoms with Crippen molar-refractivity contribution in [1.29, 1.82) is 0 Å². The molecule has 1 unspecified atom stereocenters. The molecule has 6 nitrogen and oxygen atoms in total. The normalized spacial score (nSPS) is 16.8. The minimum Gasteiger partial charge on any atom is -0.506 e. The van der Waals surface area contributed by atoms with Crippen LogP contribution in [-0.4, -0.2) is 26.8 Å². The molecule has 1 aromatic carbocycles. The van der Waals surface area contributed by atoms with Crippen molar-refractivity contribution in [1.82, 2.24) is 15.0 Å². The van der Waals surface area contributed by atoms with E-state index in [1.165, 1.54) is 0 Å². The molecule has 0 bridgehead atoms. The van der Waals surface area contributed by atoms with Gasteiger partial charge in [-0.1, -0.05) is 12.1 Å². The summed E-state index contributed by atoms with van der Waals surface area (Å²) in [7, 11) is 0. The first-order valence-corrected chi connectivity index (χ1v) is 8.67. The van der Waals surface area contributed by atoms with E-state index in [9.17, 15) is 9.90 Å². The third kappa shape index (κ3) is 2.56. The Morgan fingerprint density at radius 2 is 2.21 bits per heavy atom. The van der Waals surface area contributed by atoms with Gasteiger partial charge in [-0.25, -0.2) is 10.4 Å². The standard InChI is InChI=1S/C17H16N4O2S/c22-13-6-1-5-12-15(13)21(16(19-12)14-7-3-9-24-14)8-2-4-11-10-18-20-17(11)23/h1,3,5-7,9-11,22H,2,4,8H2,(H,20,23). The Labute approximate surface area is 142 Å². The van der Waals surface area contributed by atoms with Gasteiger partial charge in [0.05, 0.1) is 16.3 Å². The number of carbonyl (C=O) groups is 1. The molecule has 2 N–H and O–H groups in total. The van der Waals surface area contributed by atoms with Crippen LogP contribution in [0, 0.1) is 5.92 Å². The highest BCUT2D eigenvalue weighted by molar-refractivity contribution is 7.13. The molecule has 3 heterocycles. The number of imidazole rings is 1. The van der Waals surface area contributed by atoms with Crippen LogP contribution < -0.4 is 5.43 Å². The number of hydrazone groups is 1. The van der Waals surface area contributed by atoms with Crippen LogP contribution in [0.1, 0.15) is 12.8 Å². The van der Waals surface area contributed by atoms with Gasteiger partial charge in [0.25, 0.3) is 0 Å². The molecule has 24 heavy (non-hydrogen) atoms. The molecular weight excluding hydrogens is 324 g/mol. The van der Waals surface area contributed by atoms with Gasteiger partial charge < -0.3 is 9.67 Å². The fourth-order valence-electron chi connectivity index (χ4n) is 2.99. The molecule has 7 heteroatoms. The van der Waals surface area contributed by atoms with E-state index in [2.05, 4.69) is 15.5 Å². The maximum atomic E-state index is 11.6. The summed E-state index contributed by atoms with van der Waals surface area (Å²) in [5, 5.41) is 16.1. The Morgan fingerprint density at radius 1 is 1.29 bits per heavy atom. The monoisotopic (exact) mass is 340 g/mol. The van der Waals surface area contributed by atoms with Gasteiger partial charge in [0, 0.05) is 12.8 Å². The van der Waals surface area contributed by atoms with E-state index in [-0.39, 0.29) is 17.6 Å². The van der Waals surface area contributed by atoms with Crippen molar-refractivity contribution in [3.63, 3.8) is 0 Å². The summed E-state index contributed by atoms with van der Waals surface area (Å²) in [4.78, 5) is 17.3. The lowest BCUT2D eigenvalue weighted by atomic mass is 10.1. The Kier molecular flexibility index (Phi) is 3.78. The zero-order chi connectivity index (χ0) is 16.5. The van der Waals surface area contributed by atoms with Crippen LogP contribution >= 0.6 is 11.3 Å². The molecule has 1 amide bonds. The van der Waals surface area contributed by atoms with Crippen molar-refractivity contribution in [2.24, 2.45) is 11.0 Å². The van der Waals surface area contributed by atoms with Gasteiger partial charge >= 0.3 is 0 Å². The summed E-state index contributed by atoms with van der Waals surface area (Å²) < 4.78 is 2.04. The van der Waals surface area contributed by atoms with Gasteiger partial charge in [-0.3, -0.25) is 4.79 Å². The molecule has 4 rings (SSSR count). The molecule has 0 saturated heterocycles. The highest BCUT2D eigenvalue weighted by Gasteiger charge is 2.21. The van der Waals surface area contributed by atoms with Crippen molar-refractivity contribution >= 4 is 34.5 Å². The molecule has 0 saturated carbocycles. The first-order valence-electron chi connectivity index (χ1n) is 7.79. The minimum atomic E-state index is -0.168. The summed E-state index contributed by atoms with van der Waals surface area (Å²) in [5.74, 6) is 0.861. The van der Waals surface area contributed by atoms with Gasteiger partial charge in [-0.05, 0) is 36.4 Å². The zero-order valence-electron chi connectivity index (χ0n) is 12.8. The number of phenolic OH excluding ortho intramolecular Hbond substituents is 1. The number of amides is 1. The predicted molar refractivity (Wildman–Crippen MR) is 94.1 cm³/mol. The zero-order valence-corrected chi connectivity index (χ0v) is 13.7. The van der Waals surface area contributed by atoms with Crippen LogP contribution in [0.2, 0.25) is 0 Å². The smallest absolute Gasteiger partial charge is 0.248 e. The van der Waals surface area contributed by atoms with Gasteiger partial charge in [0.1, 0.15) is 11.3 Å². The van der Waals surface area contributed by atoms with E-state index < -0.39 is 0 Å². The van der Waals surface area contributed by atoms with Crippen LogP contribution in [0.5, 0.6) is 5.75 Å². The number of benzene rings is 1. The van der Waals surface area contributed by atoms with E-state index >= 15 is 0 Å². The van der Waals surface area contributed by atoms with Crippen LogP contribution in [0.15, 0.2) is 40.8 Å².